The van der Waals surface area contributed by atoms with Crippen molar-refractivity contribution in [3.63, 3.8) is 0 Å². The van der Waals surface area contributed by atoms with Gasteiger partial charge in [-0.2, -0.15) is 0 Å². The molecule has 2 amide bonds. The van der Waals surface area contributed by atoms with Crippen LogP contribution in [0.2, 0.25) is 0 Å². The highest BCUT2D eigenvalue weighted by molar-refractivity contribution is 5.91. The van der Waals surface area contributed by atoms with E-state index in [-0.39, 0.29) is 12.1 Å². The van der Waals surface area contributed by atoms with Crippen LogP contribution in [0.15, 0.2) is 48.7 Å². The average Bonchev–Trinajstić information content (AvgIpc) is 2.72. The number of methoxy groups -OCH3 is 1. The fourth-order valence-corrected chi connectivity index (χ4v) is 3.34. The maximum atomic E-state index is 12.9. The number of anilines is 1. The van der Waals surface area contributed by atoms with Crippen molar-refractivity contribution in [3.8, 4) is 5.75 Å². The number of ether oxygens (including phenoxy) is 2. The quantitative estimate of drug-likeness (QED) is 0.799. The normalized spacial score (nSPS) is 16.8. The zero-order valence-corrected chi connectivity index (χ0v) is 15.8. The maximum Gasteiger partial charge on any atom is 0.322 e. The van der Waals surface area contributed by atoms with Crippen molar-refractivity contribution in [3.05, 3.63) is 54.4 Å². The van der Waals surface area contributed by atoms with Gasteiger partial charge in [0, 0.05) is 32.5 Å². The molecular weight excluding hydrogens is 342 g/mol. The lowest BCUT2D eigenvalue weighted by molar-refractivity contribution is 0.123. The largest absolute Gasteiger partial charge is 0.485 e. The molecule has 2 heterocycles. The van der Waals surface area contributed by atoms with Gasteiger partial charge in [0.1, 0.15) is 12.4 Å². The van der Waals surface area contributed by atoms with E-state index in [4.69, 9.17) is 9.47 Å². The number of hydrogen-bond donors (Lipinski definition) is 1. The van der Waals surface area contributed by atoms with Crippen LogP contribution in [-0.4, -0.2) is 42.2 Å². The van der Waals surface area contributed by atoms with Crippen molar-refractivity contribution in [2.24, 2.45) is 0 Å². The highest BCUT2D eigenvalue weighted by atomic mass is 16.5. The predicted octanol–water partition coefficient (Wildman–Crippen LogP) is 4.08. The first-order valence-corrected chi connectivity index (χ1v) is 9.46. The molecular formula is C21H27N3O3. The summed E-state index contributed by atoms with van der Waals surface area (Å²) in [6.07, 6.45) is 5.82. The van der Waals surface area contributed by atoms with Crippen molar-refractivity contribution in [2.45, 2.75) is 38.3 Å². The molecule has 1 aromatic heterocycles. The van der Waals surface area contributed by atoms with Crippen molar-refractivity contribution < 1.29 is 14.3 Å². The first-order valence-electron chi connectivity index (χ1n) is 9.46. The number of pyridine rings is 1. The third-order valence-corrected chi connectivity index (χ3v) is 4.77. The lowest BCUT2D eigenvalue weighted by Gasteiger charge is -2.35. The minimum atomic E-state index is -0.0790. The molecule has 1 saturated heterocycles. The zero-order valence-electron chi connectivity index (χ0n) is 15.8. The maximum absolute atomic E-state index is 12.9. The molecule has 2 aromatic rings. The van der Waals surface area contributed by atoms with Gasteiger partial charge in [0.05, 0.1) is 11.4 Å². The summed E-state index contributed by atoms with van der Waals surface area (Å²) >= 11 is 0. The molecule has 0 spiro atoms. The molecule has 0 saturated carbocycles. The van der Waals surface area contributed by atoms with E-state index < -0.39 is 0 Å². The van der Waals surface area contributed by atoms with Crippen LogP contribution in [0.1, 0.15) is 31.4 Å². The van der Waals surface area contributed by atoms with E-state index in [2.05, 4.69) is 10.3 Å². The van der Waals surface area contributed by atoms with Gasteiger partial charge in [0.2, 0.25) is 0 Å². The van der Waals surface area contributed by atoms with Crippen LogP contribution in [0.5, 0.6) is 5.75 Å². The summed E-state index contributed by atoms with van der Waals surface area (Å²) in [5.41, 5.74) is 1.52. The van der Waals surface area contributed by atoms with E-state index in [9.17, 15) is 4.79 Å². The summed E-state index contributed by atoms with van der Waals surface area (Å²) in [5, 5.41) is 3.02. The first kappa shape index (κ1) is 19.2. The predicted molar refractivity (Wildman–Crippen MR) is 105 cm³/mol. The second-order valence-corrected chi connectivity index (χ2v) is 6.66. The minimum absolute atomic E-state index is 0.0790. The number of rotatable bonds is 7. The highest BCUT2D eigenvalue weighted by Gasteiger charge is 2.26. The molecule has 0 aliphatic carbocycles. The van der Waals surface area contributed by atoms with Gasteiger partial charge in [-0.25, -0.2) is 4.79 Å². The first-order chi connectivity index (χ1) is 13.3. The third-order valence-electron chi connectivity index (χ3n) is 4.77. The molecule has 6 heteroatoms. The second kappa shape index (κ2) is 9.92. The number of carbonyl (C=O) groups excluding carboxylic acids is 1. The summed E-state index contributed by atoms with van der Waals surface area (Å²) in [5.74, 6) is 0.641. The number of nitrogens with zero attached hydrogens (tertiary/aromatic N) is 2. The smallest absolute Gasteiger partial charge is 0.322 e. The van der Waals surface area contributed by atoms with Crippen LogP contribution in [0.4, 0.5) is 10.5 Å². The molecule has 144 valence electrons. The van der Waals surface area contributed by atoms with E-state index in [1.54, 1.807) is 13.3 Å². The van der Waals surface area contributed by atoms with Crippen molar-refractivity contribution in [1.29, 1.82) is 0 Å². The van der Waals surface area contributed by atoms with Gasteiger partial charge < -0.3 is 19.7 Å². The Kier molecular flexibility index (Phi) is 7.04. The summed E-state index contributed by atoms with van der Waals surface area (Å²) in [6.45, 7) is 1.79. The van der Waals surface area contributed by atoms with Crippen LogP contribution in [0.25, 0.3) is 0 Å². The number of carbonyl (C=O) groups is 1. The lowest BCUT2D eigenvalue weighted by Crippen LogP contribution is -2.46. The Labute approximate surface area is 160 Å². The summed E-state index contributed by atoms with van der Waals surface area (Å²) in [6, 6.07) is 13.4. The molecule has 1 aliphatic heterocycles. The Hall–Kier alpha value is -2.60. The number of amides is 2. The summed E-state index contributed by atoms with van der Waals surface area (Å²) in [4.78, 5) is 19.1. The van der Waals surface area contributed by atoms with Crippen LogP contribution < -0.4 is 10.1 Å². The lowest BCUT2D eigenvalue weighted by atomic mass is 10.00. The zero-order chi connectivity index (χ0) is 18.9. The number of urea groups is 1. The third kappa shape index (κ3) is 5.44. The van der Waals surface area contributed by atoms with Gasteiger partial charge in [-0.15, -0.1) is 0 Å². The molecule has 1 aromatic carbocycles. The molecule has 1 unspecified atom stereocenters. The van der Waals surface area contributed by atoms with Crippen LogP contribution in [0.3, 0.4) is 0 Å². The molecule has 1 aliphatic rings. The number of likely N-dealkylation sites (tertiary alicyclic amines) is 1. The van der Waals surface area contributed by atoms with Gasteiger partial charge in [-0.05, 0) is 49.9 Å². The van der Waals surface area contributed by atoms with Crippen LogP contribution in [-0.2, 0) is 11.3 Å². The molecule has 1 N–H and O–H groups in total. The van der Waals surface area contributed by atoms with E-state index >= 15 is 0 Å². The van der Waals surface area contributed by atoms with E-state index in [1.165, 1.54) is 0 Å². The van der Waals surface area contributed by atoms with E-state index in [0.29, 0.717) is 24.7 Å². The Bertz CT molecular complexity index is 724. The monoisotopic (exact) mass is 369 g/mol. The Morgan fingerprint density at radius 3 is 2.89 bits per heavy atom. The number of hydrogen-bond acceptors (Lipinski definition) is 4. The Balaban J connectivity index is 1.64. The van der Waals surface area contributed by atoms with Gasteiger partial charge in [0.25, 0.3) is 0 Å². The van der Waals surface area contributed by atoms with Gasteiger partial charge in [-0.1, -0.05) is 18.2 Å². The Morgan fingerprint density at radius 2 is 2.07 bits per heavy atom. The highest BCUT2D eigenvalue weighted by Crippen LogP contribution is 2.27. The minimum Gasteiger partial charge on any atom is -0.485 e. The molecule has 1 fully saturated rings. The van der Waals surface area contributed by atoms with E-state index in [0.717, 1.165) is 37.9 Å². The molecule has 3 rings (SSSR count). The standard InChI is InChI=1S/C21H27N3O3/c1-26-15-12-18-9-5-7-14-24(18)21(25)23-19-10-2-3-11-20(19)27-16-17-8-4-6-13-22-17/h2-4,6,8,10-11,13,18H,5,7,9,12,14-16H2,1H3,(H,23,25). The van der Waals surface area contributed by atoms with Gasteiger partial charge >= 0.3 is 6.03 Å². The molecule has 6 nitrogen and oxygen atoms in total. The fraction of sp³-hybridized carbons (Fsp3) is 0.429. The van der Waals surface area contributed by atoms with Crippen LogP contribution >= 0.6 is 0 Å². The summed E-state index contributed by atoms with van der Waals surface area (Å²) < 4.78 is 11.1. The Morgan fingerprint density at radius 1 is 1.22 bits per heavy atom. The number of nitrogens with one attached hydrogen (secondary N) is 1. The van der Waals surface area contributed by atoms with Gasteiger partial charge in [-0.3, -0.25) is 4.98 Å². The SMILES string of the molecule is COCCC1CCCCN1C(=O)Nc1ccccc1OCc1ccccn1. The van der Waals surface area contributed by atoms with Crippen LogP contribution in [0, 0.1) is 0 Å². The number of para-hydroxylation sites is 2. The van der Waals surface area contributed by atoms with Crippen molar-refractivity contribution in [2.75, 3.05) is 25.6 Å². The molecule has 0 radical (unpaired) electrons. The number of benzene rings is 1. The topological polar surface area (TPSA) is 63.7 Å². The number of piperidine rings is 1. The molecule has 1 atom stereocenters. The fourth-order valence-electron chi connectivity index (χ4n) is 3.34. The summed E-state index contributed by atoms with van der Waals surface area (Å²) in [7, 11) is 1.70. The number of aromatic nitrogens is 1. The van der Waals surface area contributed by atoms with Crippen molar-refractivity contribution >= 4 is 11.7 Å². The second-order valence-electron chi connectivity index (χ2n) is 6.66. The average molecular weight is 369 g/mol. The molecule has 0 bridgehead atoms. The molecule has 27 heavy (non-hydrogen) atoms. The van der Waals surface area contributed by atoms with E-state index in [1.807, 2.05) is 47.4 Å². The van der Waals surface area contributed by atoms with Gasteiger partial charge in [0.15, 0.2) is 0 Å². The van der Waals surface area contributed by atoms with Crippen molar-refractivity contribution in [1.82, 2.24) is 9.88 Å².